The number of nitro benzene ring substituents is 1. The molecule has 1 N–H and O–H groups in total. The van der Waals surface area contributed by atoms with Gasteiger partial charge in [-0.05, 0) is 54.8 Å². The largest absolute Gasteiger partial charge is 0.457 e. The van der Waals surface area contributed by atoms with E-state index < -0.39 is 20.9 Å². The van der Waals surface area contributed by atoms with E-state index in [0.717, 1.165) is 12.8 Å². The van der Waals surface area contributed by atoms with Crippen molar-refractivity contribution in [3.05, 3.63) is 69.8 Å². The van der Waals surface area contributed by atoms with Gasteiger partial charge in [-0.3, -0.25) is 10.1 Å². The number of benzene rings is 2. The Labute approximate surface area is 167 Å². The van der Waals surface area contributed by atoms with E-state index in [1.807, 2.05) is 0 Å². The third kappa shape index (κ3) is 5.59. The first kappa shape index (κ1) is 20.9. The van der Waals surface area contributed by atoms with Gasteiger partial charge in [-0.25, -0.2) is 17.9 Å². The quantitative estimate of drug-likeness (QED) is 0.395. The summed E-state index contributed by atoms with van der Waals surface area (Å²) in [5.41, 5.74) is 0.747. The minimum atomic E-state index is -3.69. The van der Waals surface area contributed by atoms with Crippen molar-refractivity contribution in [3.63, 3.8) is 0 Å². The van der Waals surface area contributed by atoms with Crippen LogP contribution in [-0.2, 0) is 26.1 Å². The van der Waals surface area contributed by atoms with Crippen LogP contribution >= 0.6 is 0 Å². The SMILES string of the molecule is O=C(OCc1ccc([N+](=O)[O-])cc1)c1ccc(S(=O)(=O)NC[C@@H]2CCCO2)cc1. The fraction of sp³-hybridized carbons (Fsp3) is 0.316. The Balaban J connectivity index is 1.55. The van der Waals surface area contributed by atoms with Gasteiger partial charge < -0.3 is 9.47 Å². The number of carbonyl (C=O) groups is 1. The van der Waals surface area contributed by atoms with Crippen LogP contribution in [-0.4, -0.2) is 38.6 Å². The third-order valence-electron chi connectivity index (χ3n) is 4.44. The average Bonchev–Trinajstić information content (AvgIpc) is 3.25. The van der Waals surface area contributed by atoms with E-state index in [9.17, 15) is 23.3 Å². The van der Waals surface area contributed by atoms with E-state index in [2.05, 4.69) is 4.72 Å². The number of nitrogens with one attached hydrogen (secondary N) is 1. The molecule has 0 amide bonds. The van der Waals surface area contributed by atoms with Gasteiger partial charge >= 0.3 is 5.97 Å². The number of nitro groups is 1. The van der Waals surface area contributed by atoms with Crippen LogP contribution in [0.25, 0.3) is 0 Å². The Morgan fingerprint density at radius 1 is 1.17 bits per heavy atom. The summed E-state index contributed by atoms with van der Waals surface area (Å²) in [7, 11) is -3.69. The van der Waals surface area contributed by atoms with Crippen LogP contribution in [0.4, 0.5) is 5.69 Å². The molecule has 1 aliphatic rings. The van der Waals surface area contributed by atoms with E-state index in [4.69, 9.17) is 9.47 Å². The van der Waals surface area contributed by atoms with Crippen molar-refractivity contribution < 1.29 is 27.6 Å². The summed E-state index contributed by atoms with van der Waals surface area (Å²) in [6.45, 7) is 0.796. The summed E-state index contributed by atoms with van der Waals surface area (Å²) in [4.78, 5) is 22.3. The number of non-ortho nitro benzene ring substituents is 1. The highest BCUT2D eigenvalue weighted by Gasteiger charge is 2.20. The van der Waals surface area contributed by atoms with Crippen LogP contribution in [0.15, 0.2) is 53.4 Å². The van der Waals surface area contributed by atoms with Crippen LogP contribution in [0.2, 0.25) is 0 Å². The van der Waals surface area contributed by atoms with Gasteiger partial charge in [0.15, 0.2) is 0 Å². The van der Waals surface area contributed by atoms with Crippen LogP contribution in [0.3, 0.4) is 0 Å². The standard InChI is InChI=1S/C19H20N2O7S/c22-19(28-13-14-3-7-16(8-4-14)21(23)24)15-5-9-18(10-6-15)29(25,26)20-12-17-2-1-11-27-17/h3-10,17,20H,1-2,11-13H2/t17-/m0/s1. The lowest BCUT2D eigenvalue weighted by molar-refractivity contribution is -0.384. The van der Waals surface area contributed by atoms with Crippen molar-refractivity contribution in [2.45, 2.75) is 30.4 Å². The molecule has 0 radical (unpaired) electrons. The molecule has 1 atom stereocenters. The van der Waals surface area contributed by atoms with Gasteiger partial charge in [-0.1, -0.05) is 0 Å². The van der Waals surface area contributed by atoms with Gasteiger partial charge in [0.2, 0.25) is 10.0 Å². The number of sulfonamides is 1. The maximum absolute atomic E-state index is 12.3. The molecule has 3 rings (SSSR count). The van der Waals surface area contributed by atoms with E-state index in [0.29, 0.717) is 12.2 Å². The summed E-state index contributed by atoms with van der Waals surface area (Å²) in [5, 5.41) is 10.6. The zero-order chi connectivity index (χ0) is 20.9. The summed E-state index contributed by atoms with van der Waals surface area (Å²) in [6.07, 6.45) is 1.63. The maximum atomic E-state index is 12.3. The molecule has 29 heavy (non-hydrogen) atoms. The second kappa shape index (κ2) is 9.12. The molecule has 154 valence electrons. The molecule has 10 heteroatoms. The molecule has 0 aromatic heterocycles. The maximum Gasteiger partial charge on any atom is 0.338 e. The zero-order valence-electron chi connectivity index (χ0n) is 15.4. The predicted molar refractivity (Wildman–Crippen MR) is 103 cm³/mol. The number of hydrogen-bond acceptors (Lipinski definition) is 7. The molecule has 1 fully saturated rings. The lowest BCUT2D eigenvalue weighted by atomic mass is 10.2. The van der Waals surface area contributed by atoms with Crippen molar-refractivity contribution in [1.29, 1.82) is 0 Å². The number of rotatable bonds is 8. The third-order valence-corrected chi connectivity index (χ3v) is 5.88. The second-order valence-electron chi connectivity index (χ2n) is 6.51. The average molecular weight is 420 g/mol. The van der Waals surface area contributed by atoms with E-state index >= 15 is 0 Å². The lowest BCUT2D eigenvalue weighted by Gasteiger charge is -2.11. The Morgan fingerprint density at radius 2 is 1.86 bits per heavy atom. The lowest BCUT2D eigenvalue weighted by Crippen LogP contribution is -2.31. The van der Waals surface area contributed by atoms with Crippen LogP contribution in [0, 0.1) is 10.1 Å². The Kier molecular flexibility index (Phi) is 6.57. The van der Waals surface area contributed by atoms with Crippen molar-refractivity contribution in [3.8, 4) is 0 Å². The highest BCUT2D eigenvalue weighted by molar-refractivity contribution is 7.89. The zero-order valence-corrected chi connectivity index (χ0v) is 16.3. The molecule has 0 unspecified atom stereocenters. The molecule has 0 saturated carbocycles. The van der Waals surface area contributed by atoms with Crippen molar-refractivity contribution in [2.75, 3.05) is 13.2 Å². The minimum absolute atomic E-state index is 0.0439. The topological polar surface area (TPSA) is 125 Å². The fourth-order valence-corrected chi connectivity index (χ4v) is 3.87. The molecular weight excluding hydrogens is 400 g/mol. The smallest absolute Gasteiger partial charge is 0.338 e. The Hall–Kier alpha value is -2.82. The molecule has 1 aliphatic heterocycles. The monoisotopic (exact) mass is 420 g/mol. The van der Waals surface area contributed by atoms with Gasteiger partial charge in [0.1, 0.15) is 6.61 Å². The fourth-order valence-electron chi connectivity index (χ4n) is 2.81. The molecule has 2 aromatic carbocycles. The highest BCUT2D eigenvalue weighted by Crippen LogP contribution is 2.16. The molecule has 2 aromatic rings. The second-order valence-corrected chi connectivity index (χ2v) is 8.28. The number of ether oxygens (including phenoxy) is 2. The first-order valence-corrected chi connectivity index (χ1v) is 10.5. The van der Waals surface area contributed by atoms with E-state index in [-0.39, 0.29) is 35.4 Å². The number of nitrogens with zero attached hydrogens (tertiary/aromatic N) is 1. The van der Waals surface area contributed by atoms with Crippen LogP contribution in [0.1, 0.15) is 28.8 Å². The van der Waals surface area contributed by atoms with E-state index in [1.165, 1.54) is 48.5 Å². The van der Waals surface area contributed by atoms with Gasteiger partial charge in [0, 0.05) is 25.3 Å². The van der Waals surface area contributed by atoms with Gasteiger partial charge in [-0.15, -0.1) is 0 Å². The summed E-state index contributed by atoms with van der Waals surface area (Å²) < 4.78 is 37.7. The number of esters is 1. The molecule has 0 bridgehead atoms. The molecular formula is C19H20N2O7S. The Morgan fingerprint density at radius 3 is 2.45 bits per heavy atom. The van der Waals surface area contributed by atoms with Crippen LogP contribution < -0.4 is 4.72 Å². The normalized spacial score (nSPS) is 16.5. The molecule has 1 saturated heterocycles. The molecule has 1 heterocycles. The minimum Gasteiger partial charge on any atom is -0.457 e. The van der Waals surface area contributed by atoms with E-state index in [1.54, 1.807) is 0 Å². The summed E-state index contributed by atoms with van der Waals surface area (Å²) in [6, 6.07) is 11.1. The van der Waals surface area contributed by atoms with Gasteiger partial charge in [0.05, 0.1) is 21.5 Å². The first-order valence-electron chi connectivity index (χ1n) is 8.97. The Bertz CT molecular complexity index is 967. The molecule has 0 aliphatic carbocycles. The van der Waals surface area contributed by atoms with Gasteiger partial charge in [0.25, 0.3) is 5.69 Å². The van der Waals surface area contributed by atoms with Crippen LogP contribution in [0.5, 0.6) is 0 Å². The first-order chi connectivity index (χ1) is 13.8. The summed E-state index contributed by atoms with van der Waals surface area (Å²) >= 11 is 0. The van der Waals surface area contributed by atoms with Crippen molar-refractivity contribution in [2.24, 2.45) is 0 Å². The highest BCUT2D eigenvalue weighted by atomic mass is 32.2. The predicted octanol–water partition coefficient (Wildman–Crippen LogP) is 2.41. The van der Waals surface area contributed by atoms with Gasteiger partial charge in [-0.2, -0.15) is 0 Å². The number of hydrogen-bond donors (Lipinski definition) is 1. The summed E-state index contributed by atoms with van der Waals surface area (Å²) in [5.74, 6) is -0.625. The van der Waals surface area contributed by atoms with Crippen molar-refractivity contribution >= 4 is 21.7 Å². The van der Waals surface area contributed by atoms with Crippen molar-refractivity contribution in [1.82, 2.24) is 4.72 Å². The molecule has 9 nitrogen and oxygen atoms in total. The molecule has 0 spiro atoms. The number of carbonyl (C=O) groups excluding carboxylic acids is 1.